The number of likely N-dealkylation sites (tertiary alicyclic amines) is 1. The summed E-state index contributed by atoms with van der Waals surface area (Å²) in [7, 11) is 1.36. The number of nitrogens with zero attached hydrogens (tertiary/aromatic N) is 1. The lowest BCUT2D eigenvalue weighted by atomic mass is 10.1. The first kappa shape index (κ1) is 15.1. The number of benzene rings is 1. The molecule has 0 N–H and O–H groups in total. The van der Waals surface area contributed by atoms with E-state index in [1.165, 1.54) is 7.11 Å². The van der Waals surface area contributed by atoms with Crippen LogP contribution in [0, 0.1) is 5.92 Å². The summed E-state index contributed by atoms with van der Waals surface area (Å²) in [5.74, 6) is -0.484. The number of halogens is 2. The molecule has 1 aromatic carbocycles. The van der Waals surface area contributed by atoms with Crippen molar-refractivity contribution in [1.82, 2.24) is 4.90 Å². The highest BCUT2D eigenvalue weighted by Crippen LogP contribution is 2.24. The Kier molecular flexibility index (Phi) is 4.89. The maximum absolute atomic E-state index is 12.2. The SMILES string of the molecule is COC(=O)C1CCN(C(=O)Cc2ccc(Cl)c(Cl)c2)C1. The van der Waals surface area contributed by atoms with Gasteiger partial charge in [0, 0.05) is 13.1 Å². The number of amides is 1. The van der Waals surface area contributed by atoms with Crippen LogP contribution in [0.4, 0.5) is 0 Å². The van der Waals surface area contributed by atoms with Crippen molar-refractivity contribution in [2.75, 3.05) is 20.2 Å². The number of hydrogen-bond acceptors (Lipinski definition) is 3. The first-order chi connectivity index (χ1) is 9.51. The lowest BCUT2D eigenvalue weighted by Gasteiger charge is -2.16. The Hall–Kier alpha value is -1.26. The van der Waals surface area contributed by atoms with Gasteiger partial charge in [0.25, 0.3) is 0 Å². The number of carbonyl (C=O) groups is 2. The van der Waals surface area contributed by atoms with Gasteiger partial charge in [-0.15, -0.1) is 0 Å². The molecule has 6 heteroatoms. The van der Waals surface area contributed by atoms with Gasteiger partial charge in [-0.1, -0.05) is 29.3 Å². The fourth-order valence-electron chi connectivity index (χ4n) is 2.28. The van der Waals surface area contributed by atoms with Crippen molar-refractivity contribution in [3.63, 3.8) is 0 Å². The minimum Gasteiger partial charge on any atom is -0.469 e. The third kappa shape index (κ3) is 3.44. The summed E-state index contributed by atoms with van der Waals surface area (Å²) in [6.45, 7) is 1.01. The molecule has 1 amide bonds. The zero-order chi connectivity index (χ0) is 14.7. The lowest BCUT2D eigenvalue weighted by molar-refractivity contribution is -0.145. The lowest BCUT2D eigenvalue weighted by Crippen LogP contribution is -2.31. The van der Waals surface area contributed by atoms with Crippen LogP contribution in [0.2, 0.25) is 10.0 Å². The molecule has 2 rings (SSSR count). The Morgan fingerprint density at radius 2 is 2.10 bits per heavy atom. The van der Waals surface area contributed by atoms with Crippen molar-refractivity contribution in [3.05, 3.63) is 33.8 Å². The smallest absolute Gasteiger partial charge is 0.310 e. The molecule has 0 saturated carbocycles. The number of rotatable bonds is 3. The molecule has 108 valence electrons. The van der Waals surface area contributed by atoms with Gasteiger partial charge in [0.05, 0.1) is 29.5 Å². The molecule has 0 aliphatic carbocycles. The Morgan fingerprint density at radius 1 is 1.35 bits per heavy atom. The molecule has 1 saturated heterocycles. The Balaban J connectivity index is 1.96. The van der Waals surface area contributed by atoms with Gasteiger partial charge < -0.3 is 9.64 Å². The zero-order valence-electron chi connectivity index (χ0n) is 11.1. The standard InChI is InChI=1S/C14H15Cl2NO3/c1-20-14(19)10-4-5-17(8-10)13(18)7-9-2-3-11(15)12(16)6-9/h2-3,6,10H,4-5,7-8H2,1H3. The van der Waals surface area contributed by atoms with Gasteiger partial charge in [0.15, 0.2) is 0 Å². The van der Waals surface area contributed by atoms with E-state index in [2.05, 4.69) is 0 Å². The molecular formula is C14H15Cl2NO3. The second-order valence-electron chi connectivity index (χ2n) is 4.77. The molecular weight excluding hydrogens is 301 g/mol. The summed E-state index contributed by atoms with van der Waals surface area (Å²) in [5.41, 5.74) is 0.811. The second-order valence-corrected chi connectivity index (χ2v) is 5.59. The third-order valence-corrected chi connectivity index (χ3v) is 4.15. The predicted octanol–water partition coefficient (Wildman–Crippen LogP) is 2.56. The molecule has 4 nitrogen and oxygen atoms in total. The van der Waals surface area contributed by atoms with E-state index in [9.17, 15) is 9.59 Å². The highest BCUT2D eigenvalue weighted by atomic mass is 35.5. The molecule has 20 heavy (non-hydrogen) atoms. The first-order valence-electron chi connectivity index (χ1n) is 6.30. The number of methoxy groups -OCH3 is 1. The highest BCUT2D eigenvalue weighted by molar-refractivity contribution is 6.42. The van der Waals surface area contributed by atoms with Crippen LogP contribution >= 0.6 is 23.2 Å². The van der Waals surface area contributed by atoms with Crippen LogP contribution in [-0.2, 0) is 20.7 Å². The van der Waals surface area contributed by atoms with Crippen molar-refractivity contribution in [3.8, 4) is 0 Å². The van der Waals surface area contributed by atoms with Gasteiger partial charge in [0.2, 0.25) is 5.91 Å². The van der Waals surface area contributed by atoms with Gasteiger partial charge in [0.1, 0.15) is 0 Å². The van der Waals surface area contributed by atoms with E-state index in [1.807, 2.05) is 0 Å². The molecule has 0 spiro atoms. The van der Waals surface area contributed by atoms with E-state index in [0.717, 1.165) is 5.56 Å². The Labute approximate surface area is 127 Å². The van der Waals surface area contributed by atoms with Gasteiger partial charge in [-0.3, -0.25) is 9.59 Å². The minimum atomic E-state index is -0.255. The number of hydrogen-bond donors (Lipinski definition) is 0. The van der Waals surface area contributed by atoms with Crippen molar-refractivity contribution in [2.45, 2.75) is 12.8 Å². The van der Waals surface area contributed by atoms with Crippen molar-refractivity contribution >= 4 is 35.1 Å². The summed E-state index contributed by atoms with van der Waals surface area (Å²) in [6.07, 6.45) is 0.907. The largest absolute Gasteiger partial charge is 0.469 e. The van der Waals surface area contributed by atoms with Gasteiger partial charge in [-0.05, 0) is 24.1 Å². The summed E-state index contributed by atoms with van der Waals surface area (Å²) in [4.78, 5) is 25.3. The fraction of sp³-hybridized carbons (Fsp3) is 0.429. The zero-order valence-corrected chi connectivity index (χ0v) is 12.6. The van der Waals surface area contributed by atoms with E-state index < -0.39 is 0 Å². The van der Waals surface area contributed by atoms with Gasteiger partial charge in [-0.25, -0.2) is 0 Å². The van der Waals surface area contributed by atoms with E-state index in [1.54, 1.807) is 23.1 Å². The van der Waals surface area contributed by atoms with Crippen LogP contribution in [0.15, 0.2) is 18.2 Å². The predicted molar refractivity (Wildman–Crippen MR) is 76.9 cm³/mol. The molecule has 1 aliphatic heterocycles. The van der Waals surface area contributed by atoms with Crippen molar-refractivity contribution in [1.29, 1.82) is 0 Å². The summed E-state index contributed by atoms with van der Waals surface area (Å²) in [5, 5.41) is 0.903. The summed E-state index contributed by atoms with van der Waals surface area (Å²) in [6, 6.07) is 5.14. The van der Waals surface area contributed by atoms with E-state index >= 15 is 0 Å². The minimum absolute atomic E-state index is 0.0187. The number of ether oxygens (including phenoxy) is 1. The van der Waals surface area contributed by atoms with Crippen molar-refractivity contribution in [2.24, 2.45) is 5.92 Å². The molecule has 1 aliphatic rings. The maximum atomic E-state index is 12.2. The van der Waals surface area contributed by atoms with Crippen LogP contribution in [0.5, 0.6) is 0 Å². The van der Waals surface area contributed by atoms with E-state index in [0.29, 0.717) is 29.6 Å². The molecule has 1 heterocycles. The average Bonchev–Trinajstić information content (AvgIpc) is 2.92. The first-order valence-corrected chi connectivity index (χ1v) is 7.06. The normalized spacial score (nSPS) is 18.1. The number of carbonyl (C=O) groups excluding carboxylic acids is 2. The highest BCUT2D eigenvalue weighted by Gasteiger charge is 2.31. The molecule has 0 radical (unpaired) electrons. The molecule has 0 aromatic heterocycles. The van der Waals surface area contributed by atoms with Crippen LogP contribution in [-0.4, -0.2) is 37.0 Å². The van der Waals surface area contributed by atoms with E-state index in [-0.39, 0.29) is 24.2 Å². The van der Waals surface area contributed by atoms with Gasteiger partial charge in [-0.2, -0.15) is 0 Å². The fourth-order valence-corrected chi connectivity index (χ4v) is 2.60. The topological polar surface area (TPSA) is 46.6 Å². The van der Waals surface area contributed by atoms with Crippen molar-refractivity contribution < 1.29 is 14.3 Å². The quantitative estimate of drug-likeness (QED) is 0.805. The van der Waals surface area contributed by atoms with E-state index in [4.69, 9.17) is 27.9 Å². The van der Waals surface area contributed by atoms with Crippen LogP contribution in [0.25, 0.3) is 0 Å². The maximum Gasteiger partial charge on any atom is 0.310 e. The van der Waals surface area contributed by atoms with Crippen LogP contribution in [0.1, 0.15) is 12.0 Å². The Morgan fingerprint density at radius 3 is 2.75 bits per heavy atom. The molecule has 1 unspecified atom stereocenters. The van der Waals surface area contributed by atoms with Crippen LogP contribution in [0.3, 0.4) is 0 Å². The summed E-state index contributed by atoms with van der Waals surface area (Å²) >= 11 is 11.8. The Bertz CT molecular complexity index is 533. The van der Waals surface area contributed by atoms with Crippen LogP contribution < -0.4 is 0 Å². The molecule has 1 aromatic rings. The number of esters is 1. The molecule has 1 fully saturated rings. The average molecular weight is 316 g/mol. The monoisotopic (exact) mass is 315 g/mol. The summed E-state index contributed by atoms with van der Waals surface area (Å²) < 4.78 is 4.70. The molecule has 1 atom stereocenters. The third-order valence-electron chi connectivity index (χ3n) is 3.41. The van der Waals surface area contributed by atoms with Gasteiger partial charge >= 0.3 is 5.97 Å². The second kappa shape index (κ2) is 6.46. The molecule has 0 bridgehead atoms.